The highest BCUT2D eigenvalue weighted by Gasteiger charge is 2.38. The highest BCUT2D eigenvalue weighted by Crippen LogP contribution is 2.53. The molecule has 5 unspecified atom stereocenters. The zero-order valence-corrected chi connectivity index (χ0v) is 28.8. The van der Waals surface area contributed by atoms with Gasteiger partial charge in [0.05, 0.1) is 16.3 Å². The summed E-state index contributed by atoms with van der Waals surface area (Å²) >= 11 is 2.09. The normalized spacial score (nSPS) is 25.8. The Balaban J connectivity index is 1.07. The van der Waals surface area contributed by atoms with Crippen molar-refractivity contribution in [3.8, 4) is 0 Å². The quantitative estimate of drug-likeness (QED) is 0.202. The molecule has 1 aromatic heterocycles. The van der Waals surface area contributed by atoms with Crippen LogP contribution in [0, 0.1) is 5.92 Å². The number of hydrogen-bond donors (Lipinski definition) is 1. The zero-order chi connectivity index (χ0) is 33.0. The maximum atomic E-state index is 5.39. The van der Waals surface area contributed by atoms with Gasteiger partial charge in [-0.25, -0.2) is 0 Å². The number of aliphatic imine (C=N–C) groups is 1. The molecule has 2 aliphatic heterocycles. The van der Waals surface area contributed by atoms with Gasteiger partial charge in [-0.1, -0.05) is 134 Å². The predicted molar refractivity (Wildman–Crippen MR) is 211 cm³/mol. The van der Waals surface area contributed by atoms with E-state index < -0.39 is 0 Å². The lowest BCUT2D eigenvalue weighted by atomic mass is 9.85. The summed E-state index contributed by atoms with van der Waals surface area (Å²) < 4.78 is 2.58. The number of thioether (sulfide) groups is 1. The second-order valence-electron chi connectivity index (χ2n) is 14.1. The number of fused-ring (bicyclic) bond motifs is 5. The Bertz CT molecular complexity index is 2350. The standard InChI is InChI=1S/C46H39N3S/c1-3-13-30(14-4-1)32-17-11-18-33(27-32)39-29-40(48-46(47-39)31-15-5-2-6-16-31)34-25-26-36-35-19-7-9-22-41(35)49(43(36)28-34)42-23-12-21-38-37-20-8-10-24-44(37)50-45(38)42/h1-9,11-16,18-23,25-28,32,38,40,45-46,48H,10,17,24,29H2. The van der Waals surface area contributed by atoms with Crippen LogP contribution in [0.3, 0.4) is 0 Å². The predicted octanol–water partition coefficient (Wildman–Crippen LogP) is 11.4. The van der Waals surface area contributed by atoms with Crippen molar-refractivity contribution in [3.63, 3.8) is 0 Å². The number of nitrogens with zero attached hydrogens (tertiary/aromatic N) is 2. The average molecular weight is 666 g/mol. The van der Waals surface area contributed by atoms with Crippen molar-refractivity contribution in [2.24, 2.45) is 10.9 Å². The molecule has 1 N–H and O–H groups in total. The molecule has 4 heteroatoms. The number of rotatable bonds is 5. The highest BCUT2D eigenvalue weighted by atomic mass is 32.2. The molecule has 3 heterocycles. The van der Waals surface area contributed by atoms with Gasteiger partial charge in [0.2, 0.25) is 0 Å². The van der Waals surface area contributed by atoms with Gasteiger partial charge in [0.1, 0.15) is 6.17 Å². The van der Waals surface area contributed by atoms with E-state index in [1.807, 2.05) is 0 Å². The Kier molecular flexibility index (Phi) is 7.47. The second-order valence-corrected chi connectivity index (χ2v) is 15.3. The van der Waals surface area contributed by atoms with Crippen molar-refractivity contribution in [3.05, 3.63) is 184 Å². The van der Waals surface area contributed by atoms with Gasteiger partial charge in [0.25, 0.3) is 0 Å². The van der Waals surface area contributed by atoms with Crippen LogP contribution in [0.1, 0.15) is 60.5 Å². The van der Waals surface area contributed by atoms with Crippen molar-refractivity contribution in [1.29, 1.82) is 0 Å². The first-order valence-corrected chi connectivity index (χ1v) is 19.0. The smallest absolute Gasteiger partial charge is 0.126 e. The molecule has 0 saturated carbocycles. The van der Waals surface area contributed by atoms with E-state index in [1.54, 1.807) is 4.91 Å². The summed E-state index contributed by atoms with van der Waals surface area (Å²) in [7, 11) is 0. The van der Waals surface area contributed by atoms with Crippen molar-refractivity contribution in [1.82, 2.24) is 9.88 Å². The molecule has 0 spiro atoms. The van der Waals surface area contributed by atoms with Crippen molar-refractivity contribution in [2.45, 2.75) is 49.1 Å². The molecule has 3 nitrogen and oxygen atoms in total. The third kappa shape index (κ3) is 5.12. The lowest BCUT2D eigenvalue weighted by molar-refractivity contribution is 0.442. The molecule has 0 bridgehead atoms. The largest absolute Gasteiger partial charge is 0.312 e. The number of aromatic nitrogens is 1. The van der Waals surface area contributed by atoms with E-state index in [1.165, 1.54) is 67.5 Å². The van der Waals surface area contributed by atoms with Crippen molar-refractivity contribution < 1.29 is 0 Å². The van der Waals surface area contributed by atoms with Crippen molar-refractivity contribution >= 4 is 45.0 Å². The minimum Gasteiger partial charge on any atom is -0.312 e. The van der Waals surface area contributed by atoms with Crippen molar-refractivity contribution in [2.75, 3.05) is 0 Å². The van der Waals surface area contributed by atoms with E-state index in [4.69, 9.17) is 4.99 Å². The fourth-order valence-corrected chi connectivity index (χ4v) is 10.3. The first-order valence-electron chi connectivity index (χ1n) is 18.1. The minimum atomic E-state index is -0.120. The zero-order valence-electron chi connectivity index (χ0n) is 28.0. The van der Waals surface area contributed by atoms with Gasteiger partial charge in [-0.3, -0.25) is 10.3 Å². The van der Waals surface area contributed by atoms with Crippen LogP contribution in [0.5, 0.6) is 0 Å². The van der Waals surface area contributed by atoms with Gasteiger partial charge in [0.15, 0.2) is 0 Å². The maximum Gasteiger partial charge on any atom is 0.126 e. The van der Waals surface area contributed by atoms with Crippen LogP contribution in [0.15, 0.2) is 173 Å². The third-order valence-electron chi connectivity index (χ3n) is 11.1. The second kappa shape index (κ2) is 12.5. The van der Waals surface area contributed by atoms with E-state index in [0.29, 0.717) is 17.1 Å². The molecular weight excluding hydrogens is 627 g/mol. The van der Waals surface area contributed by atoms with E-state index in [0.717, 1.165) is 19.3 Å². The van der Waals surface area contributed by atoms with Gasteiger partial charge in [-0.05, 0) is 70.2 Å². The van der Waals surface area contributed by atoms with E-state index >= 15 is 0 Å². The Hall–Kier alpha value is -4.90. The van der Waals surface area contributed by atoms with Gasteiger partial charge >= 0.3 is 0 Å². The summed E-state index contributed by atoms with van der Waals surface area (Å²) in [4.78, 5) is 6.97. The topological polar surface area (TPSA) is 29.3 Å². The van der Waals surface area contributed by atoms with Gasteiger partial charge in [-0.15, -0.1) is 11.8 Å². The Morgan fingerprint density at radius 1 is 0.760 bits per heavy atom. The Morgan fingerprint density at radius 3 is 2.44 bits per heavy atom. The molecule has 5 aliphatic rings. The Morgan fingerprint density at radius 2 is 1.56 bits per heavy atom. The molecule has 0 fully saturated rings. The monoisotopic (exact) mass is 665 g/mol. The lowest BCUT2D eigenvalue weighted by Gasteiger charge is -2.32. The lowest BCUT2D eigenvalue weighted by Crippen LogP contribution is -2.33. The summed E-state index contributed by atoms with van der Waals surface area (Å²) in [6.45, 7) is 0. The van der Waals surface area contributed by atoms with Gasteiger partial charge in [0, 0.05) is 46.5 Å². The molecule has 10 rings (SSSR count). The third-order valence-corrected chi connectivity index (χ3v) is 12.6. The van der Waals surface area contributed by atoms with E-state index in [9.17, 15) is 0 Å². The van der Waals surface area contributed by atoms with Crippen LogP contribution in [-0.2, 0) is 0 Å². The molecule has 5 aromatic rings. The molecule has 3 aliphatic carbocycles. The maximum absolute atomic E-state index is 5.39. The molecule has 0 amide bonds. The van der Waals surface area contributed by atoms with Crippen LogP contribution in [0.2, 0.25) is 0 Å². The molecular formula is C46H39N3S. The first kappa shape index (κ1) is 30.0. The molecule has 4 aromatic carbocycles. The number of benzene rings is 4. The SMILES string of the molecule is C1=CC2C3=C(CCC=C3)SC2C(n2c3ccccc3c3ccc(C4CC(C5=CC(c6ccccc6)CC=C5)=NC(c5ccccc5)N4)cc32)=C1. The summed E-state index contributed by atoms with van der Waals surface area (Å²) in [5.41, 5.74) is 11.8. The average Bonchev–Trinajstić information content (AvgIpc) is 3.74. The van der Waals surface area contributed by atoms with E-state index in [2.05, 4.69) is 173 Å². The molecule has 50 heavy (non-hydrogen) atoms. The Labute approximate surface area is 298 Å². The summed E-state index contributed by atoms with van der Waals surface area (Å²) in [6, 6.07) is 37.9. The highest BCUT2D eigenvalue weighted by molar-refractivity contribution is 8.04. The number of allylic oxidation sites excluding steroid dienone is 11. The molecule has 0 radical (unpaired) electrons. The van der Waals surface area contributed by atoms with Crippen LogP contribution in [-0.4, -0.2) is 15.5 Å². The van der Waals surface area contributed by atoms with Crippen LogP contribution >= 0.6 is 11.8 Å². The number of nitrogens with one attached hydrogen (secondary N) is 1. The molecule has 0 saturated heterocycles. The fraction of sp³-hybridized carbons (Fsp3) is 0.196. The van der Waals surface area contributed by atoms with Crippen LogP contribution in [0.4, 0.5) is 0 Å². The number of hydrogen-bond acceptors (Lipinski definition) is 3. The fourth-order valence-electron chi connectivity index (χ4n) is 8.69. The summed E-state index contributed by atoms with van der Waals surface area (Å²) in [6.07, 6.45) is 23.0. The first-order chi connectivity index (χ1) is 24.8. The summed E-state index contributed by atoms with van der Waals surface area (Å²) in [5.74, 6) is 0.785. The van der Waals surface area contributed by atoms with E-state index in [-0.39, 0.29) is 12.2 Å². The minimum absolute atomic E-state index is 0.114. The molecule has 244 valence electrons. The van der Waals surface area contributed by atoms with Crippen LogP contribution in [0.25, 0.3) is 27.5 Å². The van der Waals surface area contributed by atoms with Crippen LogP contribution < -0.4 is 5.32 Å². The van der Waals surface area contributed by atoms with Gasteiger partial charge < -0.3 is 4.57 Å². The van der Waals surface area contributed by atoms with Gasteiger partial charge in [-0.2, -0.15) is 0 Å². The summed E-state index contributed by atoms with van der Waals surface area (Å²) in [5, 5.41) is 6.98. The number of para-hydroxylation sites is 1. The molecule has 5 atom stereocenters.